The predicted octanol–water partition coefficient (Wildman–Crippen LogP) is 4.24. The summed E-state index contributed by atoms with van der Waals surface area (Å²) in [7, 11) is 0. The second kappa shape index (κ2) is 6.45. The third kappa shape index (κ3) is 4.20. The van der Waals surface area contributed by atoms with Gasteiger partial charge in [0.25, 0.3) is 0 Å². The van der Waals surface area contributed by atoms with E-state index in [-0.39, 0.29) is 11.9 Å². The van der Waals surface area contributed by atoms with Crippen LogP contribution in [0.3, 0.4) is 0 Å². The van der Waals surface area contributed by atoms with Crippen LogP contribution in [0.4, 0.5) is 0 Å². The van der Waals surface area contributed by atoms with Gasteiger partial charge in [-0.3, -0.25) is 4.79 Å². The van der Waals surface area contributed by atoms with Gasteiger partial charge in [0.05, 0.1) is 0 Å². The maximum Gasteiger partial charge on any atom is 0.247 e. The van der Waals surface area contributed by atoms with E-state index < -0.39 is 11.1 Å². The first kappa shape index (κ1) is 19.5. The summed E-state index contributed by atoms with van der Waals surface area (Å²) < 4.78 is 0. The number of hydroxylamine groups is 2. The van der Waals surface area contributed by atoms with E-state index in [1.54, 1.807) is 0 Å². The number of carbonyl (C=O) groups excluding carboxylic acids is 1. The summed E-state index contributed by atoms with van der Waals surface area (Å²) in [5.41, 5.74) is 0.333. The molecule has 1 atom stereocenters. The van der Waals surface area contributed by atoms with E-state index in [0.29, 0.717) is 24.2 Å². The van der Waals surface area contributed by atoms with Gasteiger partial charge in [0.1, 0.15) is 0 Å². The summed E-state index contributed by atoms with van der Waals surface area (Å²) in [5.74, 6) is 0.717. The van der Waals surface area contributed by atoms with Crippen molar-refractivity contribution in [1.82, 2.24) is 10.4 Å². The van der Waals surface area contributed by atoms with E-state index in [4.69, 9.17) is 0 Å². The molecule has 0 spiro atoms. The van der Waals surface area contributed by atoms with E-state index in [2.05, 4.69) is 32.2 Å². The Labute approximate surface area is 147 Å². The average molecular weight is 336 g/mol. The second-order valence-electron chi connectivity index (χ2n) is 10.1. The van der Waals surface area contributed by atoms with Gasteiger partial charge in [-0.25, -0.2) is 0 Å². The summed E-state index contributed by atoms with van der Waals surface area (Å²) in [6.07, 6.45) is 6.46. The molecule has 0 aromatic heterocycles. The third-order valence-corrected chi connectivity index (χ3v) is 5.85. The van der Waals surface area contributed by atoms with Crippen molar-refractivity contribution in [2.75, 3.05) is 0 Å². The molecule has 1 radical (unpaired) electrons. The summed E-state index contributed by atoms with van der Waals surface area (Å²) >= 11 is 0. The first-order chi connectivity index (χ1) is 10.8. The van der Waals surface area contributed by atoms with Crippen LogP contribution in [0.15, 0.2) is 11.6 Å². The van der Waals surface area contributed by atoms with E-state index >= 15 is 0 Å². The van der Waals surface area contributed by atoms with Crippen LogP contribution >= 0.6 is 0 Å². The molecular formula is C20H35N2O2. The van der Waals surface area contributed by atoms with Gasteiger partial charge in [-0.1, -0.05) is 26.8 Å². The molecule has 1 amide bonds. The number of hydrogen-bond acceptors (Lipinski definition) is 2. The molecule has 1 unspecified atom stereocenters. The lowest BCUT2D eigenvalue weighted by Crippen LogP contribution is -2.62. The summed E-state index contributed by atoms with van der Waals surface area (Å²) in [6.45, 7) is 14.7. The van der Waals surface area contributed by atoms with Crippen LogP contribution in [0.25, 0.3) is 0 Å². The maximum absolute atomic E-state index is 12.7. The maximum atomic E-state index is 12.7. The van der Waals surface area contributed by atoms with Gasteiger partial charge in [-0.2, -0.15) is 0 Å². The highest BCUT2D eigenvalue weighted by atomic mass is 16.5. The smallest absolute Gasteiger partial charge is 0.247 e. The second-order valence-corrected chi connectivity index (χ2v) is 10.1. The molecule has 0 saturated carbocycles. The lowest BCUT2D eigenvalue weighted by Gasteiger charge is -2.50. The Bertz CT molecular complexity index is 496. The highest BCUT2D eigenvalue weighted by Gasteiger charge is 2.46. The molecule has 2 rings (SSSR count). The highest BCUT2D eigenvalue weighted by Crippen LogP contribution is 2.39. The molecule has 4 heteroatoms. The van der Waals surface area contributed by atoms with Crippen LogP contribution in [0.2, 0.25) is 0 Å². The number of amides is 1. The van der Waals surface area contributed by atoms with Gasteiger partial charge in [0.15, 0.2) is 0 Å². The van der Waals surface area contributed by atoms with Gasteiger partial charge in [0, 0.05) is 22.7 Å². The number of rotatable bonds is 2. The minimum absolute atomic E-state index is 0.0638. The lowest BCUT2D eigenvalue weighted by molar-refractivity contribution is -0.289. The molecule has 137 valence electrons. The molecule has 0 aromatic carbocycles. The number of hydrogen-bond donors (Lipinski definition) is 1. The van der Waals surface area contributed by atoms with Crippen LogP contribution in [0.5, 0.6) is 0 Å². The molecule has 1 N–H and O–H groups in total. The molecule has 1 heterocycles. The fourth-order valence-corrected chi connectivity index (χ4v) is 4.47. The highest BCUT2D eigenvalue weighted by molar-refractivity contribution is 5.93. The third-order valence-electron chi connectivity index (χ3n) is 5.85. The molecule has 24 heavy (non-hydrogen) atoms. The Morgan fingerprint density at radius 1 is 1.17 bits per heavy atom. The lowest BCUT2D eigenvalue weighted by atomic mass is 9.73. The van der Waals surface area contributed by atoms with Gasteiger partial charge in [-0.15, -0.1) is 10.3 Å². The molecular weight excluding hydrogens is 300 g/mol. The molecule has 1 aliphatic carbocycles. The number of nitrogens with one attached hydrogen (secondary N) is 1. The fourth-order valence-electron chi connectivity index (χ4n) is 4.47. The molecule has 2 aliphatic rings. The van der Waals surface area contributed by atoms with Gasteiger partial charge in [-0.05, 0) is 71.1 Å². The zero-order valence-corrected chi connectivity index (χ0v) is 16.5. The van der Waals surface area contributed by atoms with Crippen LogP contribution in [-0.4, -0.2) is 28.1 Å². The number of nitrogens with zero attached hydrogens (tertiary/aromatic N) is 1. The van der Waals surface area contributed by atoms with Crippen LogP contribution < -0.4 is 5.32 Å². The Morgan fingerprint density at radius 3 is 2.12 bits per heavy atom. The first-order valence-electron chi connectivity index (χ1n) is 9.30. The van der Waals surface area contributed by atoms with Gasteiger partial charge in [0.2, 0.25) is 5.91 Å². The molecule has 1 saturated heterocycles. The number of piperidine rings is 1. The van der Waals surface area contributed by atoms with E-state index in [1.165, 1.54) is 5.06 Å². The van der Waals surface area contributed by atoms with Crippen LogP contribution in [0, 0.1) is 11.3 Å². The summed E-state index contributed by atoms with van der Waals surface area (Å²) in [6, 6.07) is 0.0638. The van der Waals surface area contributed by atoms with Crippen molar-refractivity contribution >= 4 is 5.91 Å². The average Bonchev–Trinajstić information content (AvgIpc) is 2.43. The van der Waals surface area contributed by atoms with Gasteiger partial charge >= 0.3 is 0 Å². The van der Waals surface area contributed by atoms with Crippen molar-refractivity contribution in [3.05, 3.63) is 11.6 Å². The van der Waals surface area contributed by atoms with E-state index in [1.807, 2.05) is 27.7 Å². The predicted molar refractivity (Wildman–Crippen MR) is 96.7 cm³/mol. The van der Waals surface area contributed by atoms with Crippen molar-refractivity contribution in [2.24, 2.45) is 11.3 Å². The Balaban J connectivity index is 1.99. The van der Waals surface area contributed by atoms with Crippen LogP contribution in [0.1, 0.15) is 80.6 Å². The SMILES string of the molecule is CC(C)(C)C1CC=C(C(=O)NC2CC(C)(C)N([O])C(C)(C)C2)CC1. The van der Waals surface area contributed by atoms with Crippen molar-refractivity contribution < 1.29 is 10.0 Å². The molecule has 0 aromatic rings. The summed E-state index contributed by atoms with van der Waals surface area (Å²) in [5, 5.41) is 16.8. The van der Waals surface area contributed by atoms with Crippen molar-refractivity contribution in [1.29, 1.82) is 0 Å². The number of allylic oxidation sites excluding steroid dienone is 1. The minimum atomic E-state index is -0.446. The largest absolute Gasteiger partial charge is 0.349 e. The first-order valence-corrected chi connectivity index (χ1v) is 9.30. The Hall–Kier alpha value is -0.870. The van der Waals surface area contributed by atoms with Crippen molar-refractivity contribution in [3.63, 3.8) is 0 Å². The quantitative estimate of drug-likeness (QED) is 0.820. The van der Waals surface area contributed by atoms with Crippen molar-refractivity contribution in [3.8, 4) is 0 Å². The minimum Gasteiger partial charge on any atom is -0.349 e. The number of carbonyl (C=O) groups is 1. The Kier molecular flexibility index (Phi) is 5.23. The summed E-state index contributed by atoms with van der Waals surface area (Å²) in [4.78, 5) is 12.7. The molecule has 4 nitrogen and oxygen atoms in total. The zero-order valence-electron chi connectivity index (χ0n) is 16.5. The monoisotopic (exact) mass is 335 g/mol. The van der Waals surface area contributed by atoms with E-state index in [0.717, 1.165) is 24.8 Å². The molecule has 1 aliphatic heterocycles. The standard InChI is InChI=1S/C20H35N2O2/c1-18(2,3)15-10-8-14(9-11-15)17(23)21-16-12-19(4,5)22(24)20(6,7)13-16/h8,15-16H,9-13H2,1-7H3,(H,21,23). The van der Waals surface area contributed by atoms with Gasteiger partial charge < -0.3 is 5.32 Å². The zero-order chi connectivity index (χ0) is 18.3. The topological polar surface area (TPSA) is 52.2 Å². The fraction of sp³-hybridized carbons (Fsp3) is 0.850. The normalized spacial score (nSPS) is 28.3. The molecule has 1 fully saturated rings. The van der Waals surface area contributed by atoms with E-state index in [9.17, 15) is 10.0 Å². The van der Waals surface area contributed by atoms with Crippen LogP contribution in [-0.2, 0) is 10.0 Å². The molecule has 0 bridgehead atoms. The van der Waals surface area contributed by atoms with Crippen molar-refractivity contribution in [2.45, 2.75) is 97.7 Å². The Morgan fingerprint density at radius 2 is 1.71 bits per heavy atom.